The Morgan fingerprint density at radius 1 is 1.35 bits per heavy atom. The van der Waals surface area contributed by atoms with Crippen LogP contribution in [0.1, 0.15) is 25.3 Å². The third kappa shape index (κ3) is 2.87. The Kier molecular flexibility index (Phi) is 3.47. The van der Waals surface area contributed by atoms with E-state index in [4.69, 9.17) is 9.47 Å². The van der Waals surface area contributed by atoms with Gasteiger partial charge in [-0.1, -0.05) is 19.1 Å². The molecule has 3 heteroatoms. The number of carbonyl (C=O) groups is 1. The molecule has 0 aliphatic carbocycles. The second-order valence-electron chi connectivity index (χ2n) is 4.24. The molecule has 1 unspecified atom stereocenters. The van der Waals surface area contributed by atoms with Gasteiger partial charge in [0, 0.05) is 6.42 Å². The van der Waals surface area contributed by atoms with Gasteiger partial charge in [0.05, 0.1) is 13.0 Å². The first-order chi connectivity index (χ1) is 8.19. The molecule has 0 radical (unpaired) electrons. The summed E-state index contributed by atoms with van der Waals surface area (Å²) in [6.45, 7) is 1.90. The van der Waals surface area contributed by atoms with Crippen molar-refractivity contribution in [2.45, 2.75) is 19.8 Å². The number of esters is 1. The number of hydrogen-bond acceptors (Lipinski definition) is 3. The molecule has 1 aromatic carbocycles. The van der Waals surface area contributed by atoms with Crippen LogP contribution in [-0.4, -0.2) is 13.1 Å². The van der Waals surface area contributed by atoms with Crippen molar-refractivity contribution in [2.24, 2.45) is 5.92 Å². The van der Waals surface area contributed by atoms with E-state index in [9.17, 15) is 4.79 Å². The fourth-order valence-corrected chi connectivity index (χ4v) is 1.75. The van der Waals surface area contributed by atoms with Crippen molar-refractivity contribution in [3.63, 3.8) is 0 Å². The van der Waals surface area contributed by atoms with Crippen LogP contribution in [0.5, 0.6) is 5.75 Å². The molecule has 17 heavy (non-hydrogen) atoms. The molecule has 2 rings (SSSR count). The van der Waals surface area contributed by atoms with Crippen LogP contribution in [0, 0.1) is 5.92 Å². The van der Waals surface area contributed by atoms with Crippen molar-refractivity contribution < 1.29 is 14.3 Å². The molecule has 3 nitrogen and oxygen atoms in total. The van der Waals surface area contributed by atoms with Crippen molar-refractivity contribution in [2.75, 3.05) is 7.11 Å². The molecule has 1 aliphatic rings. The second kappa shape index (κ2) is 5.04. The smallest absolute Gasteiger partial charge is 0.313 e. The molecule has 0 amide bonds. The Balaban J connectivity index is 2.10. The summed E-state index contributed by atoms with van der Waals surface area (Å²) in [4.78, 5) is 11.4. The fourth-order valence-electron chi connectivity index (χ4n) is 1.75. The molecule has 0 bridgehead atoms. The summed E-state index contributed by atoms with van der Waals surface area (Å²) in [5, 5.41) is 0. The van der Waals surface area contributed by atoms with Gasteiger partial charge in [-0.3, -0.25) is 4.79 Å². The van der Waals surface area contributed by atoms with Gasteiger partial charge in [-0.05, 0) is 30.2 Å². The van der Waals surface area contributed by atoms with Crippen LogP contribution >= 0.6 is 0 Å². The molecule has 90 valence electrons. The summed E-state index contributed by atoms with van der Waals surface area (Å²) in [5.74, 6) is 1.46. The van der Waals surface area contributed by atoms with Crippen LogP contribution in [0.2, 0.25) is 0 Å². The number of allylic oxidation sites excluding steroid dienone is 1. The first kappa shape index (κ1) is 11.7. The third-order valence-corrected chi connectivity index (χ3v) is 2.90. The lowest BCUT2D eigenvalue weighted by Gasteiger charge is -2.19. The molecule has 1 saturated heterocycles. The predicted molar refractivity (Wildman–Crippen MR) is 65.5 cm³/mol. The second-order valence-corrected chi connectivity index (χ2v) is 4.24. The van der Waals surface area contributed by atoms with E-state index < -0.39 is 0 Å². The molecule has 0 spiro atoms. The summed E-state index contributed by atoms with van der Waals surface area (Å²) < 4.78 is 10.3. The maximum Gasteiger partial charge on any atom is 0.313 e. The highest BCUT2D eigenvalue weighted by atomic mass is 16.5. The molecular formula is C14H16O3. The first-order valence-corrected chi connectivity index (χ1v) is 5.75. The van der Waals surface area contributed by atoms with Crippen molar-refractivity contribution in [3.8, 4) is 5.75 Å². The zero-order valence-corrected chi connectivity index (χ0v) is 10.1. The van der Waals surface area contributed by atoms with Gasteiger partial charge in [-0.2, -0.15) is 0 Å². The lowest BCUT2D eigenvalue weighted by molar-refractivity contribution is -0.146. The molecule has 0 aromatic heterocycles. The molecule has 1 fully saturated rings. The third-order valence-electron chi connectivity index (χ3n) is 2.90. The van der Waals surface area contributed by atoms with E-state index in [1.165, 1.54) is 0 Å². The van der Waals surface area contributed by atoms with Gasteiger partial charge in [0.25, 0.3) is 0 Å². The molecule has 1 aromatic rings. The van der Waals surface area contributed by atoms with Gasteiger partial charge in [0.2, 0.25) is 0 Å². The van der Waals surface area contributed by atoms with Crippen molar-refractivity contribution in [3.05, 3.63) is 35.6 Å². The lowest BCUT2D eigenvalue weighted by Crippen LogP contribution is -2.20. The van der Waals surface area contributed by atoms with Crippen LogP contribution in [0.25, 0.3) is 6.08 Å². The number of rotatable bonds is 2. The summed E-state index contributed by atoms with van der Waals surface area (Å²) in [6.07, 6.45) is 3.59. The van der Waals surface area contributed by atoms with E-state index in [-0.39, 0.29) is 11.9 Å². The normalized spacial score (nSPS) is 22.4. The van der Waals surface area contributed by atoms with E-state index >= 15 is 0 Å². The van der Waals surface area contributed by atoms with E-state index in [0.717, 1.165) is 29.9 Å². The first-order valence-electron chi connectivity index (χ1n) is 5.75. The van der Waals surface area contributed by atoms with Gasteiger partial charge < -0.3 is 9.47 Å². The maximum absolute atomic E-state index is 11.4. The minimum Gasteiger partial charge on any atom is -0.497 e. The van der Waals surface area contributed by atoms with Crippen LogP contribution in [-0.2, 0) is 9.53 Å². The largest absolute Gasteiger partial charge is 0.497 e. The molecule has 1 aliphatic heterocycles. The maximum atomic E-state index is 11.4. The summed E-state index contributed by atoms with van der Waals surface area (Å²) in [5.41, 5.74) is 1.02. The number of hydrogen-bond donors (Lipinski definition) is 0. The summed E-state index contributed by atoms with van der Waals surface area (Å²) in [7, 11) is 1.64. The molecule has 1 heterocycles. The van der Waals surface area contributed by atoms with E-state index in [2.05, 4.69) is 0 Å². The van der Waals surface area contributed by atoms with Gasteiger partial charge >= 0.3 is 5.97 Å². The van der Waals surface area contributed by atoms with Crippen molar-refractivity contribution in [1.29, 1.82) is 0 Å². The molecule has 0 N–H and O–H groups in total. The fraction of sp³-hybridized carbons (Fsp3) is 0.357. The minimum atomic E-state index is -0.129. The van der Waals surface area contributed by atoms with E-state index in [0.29, 0.717) is 0 Å². The summed E-state index contributed by atoms with van der Waals surface area (Å²) in [6, 6.07) is 7.66. The standard InChI is InChI=1S/C14H16O3/c1-10-3-6-13(17-14(10)15)9-11-4-7-12(16-2)8-5-11/h4-5,7-10H,3,6H2,1-2H3/b13-9+. The molecular weight excluding hydrogens is 216 g/mol. The Morgan fingerprint density at radius 3 is 2.65 bits per heavy atom. The minimum absolute atomic E-state index is 0.0167. The Bertz CT molecular complexity index is 431. The van der Waals surface area contributed by atoms with Crippen LogP contribution in [0.4, 0.5) is 0 Å². The highest BCUT2D eigenvalue weighted by Gasteiger charge is 2.22. The van der Waals surface area contributed by atoms with Crippen molar-refractivity contribution >= 4 is 12.0 Å². The van der Waals surface area contributed by atoms with Gasteiger partial charge in [-0.15, -0.1) is 0 Å². The predicted octanol–water partition coefficient (Wildman–Crippen LogP) is 3.01. The average Bonchev–Trinajstić information content (AvgIpc) is 2.35. The number of benzene rings is 1. The Morgan fingerprint density at radius 2 is 2.06 bits per heavy atom. The number of ether oxygens (including phenoxy) is 2. The monoisotopic (exact) mass is 232 g/mol. The Hall–Kier alpha value is -1.77. The van der Waals surface area contributed by atoms with E-state index in [1.54, 1.807) is 7.11 Å². The van der Waals surface area contributed by atoms with Crippen LogP contribution in [0.3, 0.4) is 0 Å². The van der Waals surface area contributed by atoms with Gasteiger partial charge in [0.15, 0.2) is 0 Å². The zero-order valence-electron chi connectivity index (χ0n) is 10.1. The van der Waals surface area contributed by atoms with Crippen LogP contribution < -0.4 is 4.74 Å². The van der Waals surface area contributed by atoms with Crippen LogP contribution in [0.15, 0.2) is 30.0 Å². The number of carbonyl (C=O) groups excluding carboxylic acids is 1. The SMILES string of the molecule is COc1ccc(/C=C2\CCC(C)C(=O)O2)cc1. The highest BCUT2D eigenvalue weighted by molar-refractivity contribution is 5.75. The lowest BCUT2D eigenvalue weighted by atomic mass is 10.0. The molecule has 0 saturated carbocycles. The highest BCUT2D eigenvalue weighted by Crippen LogP contribution is 2.24. The molecule has 1 atom stereocenters. The van der Waals surface area contributed by atoms with Gasteiger partial charge in [-0.25, -0.2) is 0 Å². The van der Waals surface area contributed by atoms with Crippen molar-refractivity contribution in [1.82, 2.24) is 0 Å². The van der Waals surface area contributed by atoms with Gasteiger partial charge in [0.1, 0.15) is 11.5 Å². The zero-order chi connectivity index (χ0) is 12.3. The quantitative estimate of drug-likeness (QED) is 0.735. The van der Waals surface area contributed by atoms with E-state index in [1.807, 2.05) is 37.3 Å². The number of cyclic esters (lactones) is 1. The average molecular weight is 232 g/mol. The number of methoxy groups -OCH3 is 1. The Labute approximate surface area is 101 Å². The summed E-state index contributed by atoms with van der Waals surface area (Å²) >= 11 is 0. The topological polar surface area (TPSA) is 35.5 Å².